The van der Waals surface area contributed by atoms with Crippen LogP contribution in [0.2, 0.25) is 0 Å². The van der Waals surface area contributed by atoms with Crippen LogP contribution in [0.1, 0.15) is 12.0 Å². The maximum absolute atomic E-state index is 13.3. The largest absolute Gasteiger partial charge is 0.416 e. The van der Waals surface area contributed by atoms with Crippen molar-refractivity contribution in [2.45, 2.75) is 23.7 Å². The van der Waals surface area contributed by atoms with Crippen LogP contribution in [0.25, 0.3) is 0 Å². The fraction of sp³-hybridized carbons (Fsp3) is 0.381. The van der Waals surface area contributed by atoms with Gasteiger partial charge < -0.3 is 4.74 Å². The predicted octanol–water partition coefficient (Wildman–Crippen LogP) is 4.36. The first-order chi connectivity index (χ1) is 16.8. The summed E-state index contributed by atoms with van der Waals surface area (Å²) in [5.74, 6) is -0.289. The van der Waals surface area contributed by atoms with E-state index in [1.54, 1.807) is 4.83 Å². The normalized spacial score (nSPS) is 16.7. The molecule has 0 aliphatic carbocycles. The van der Waals surface area contributed by atoms with Gasteiger partial charge in [0, 0.05) is 12.5 Å². The summed E-state index contributed by atoms with van der Waals surface area (Å²) in [5, 5.41) is -0.0828. The summed E-state index contributed by atoms with van der Waals surface area (Å²) in [6, 6.07) is 7.69. The van der Waals surface area contributed by atoms with Crippen LogP contribution in [0.3, 0.4) is 0 Å². The Kier molecular flexibility index (Phi) is 8.48. The molecule has 0 saturated carbocycles. The third-order valence-corrected chi connectivity index (χ3v) is 6.25. The molecule has 1 unspecified atom stereocenters. The maximum atomic E-state index is 13.3. The number of hydroxylamine groups is 1. The molecular weight excluding hydrogens is 520 g/mol. The molecule has 1 aliphatic rings. The minimum Gasteiger partial charge on any atom is -0.381 e. The lowest BCUT2D eigenvalue weighted by atomic mass is 10.1. The van der Waals surface area contributed by atoms with Crippen molar-refractivity contribution in [3.8, 4) is 0 Å². The van der Waals surface area contributed by atoms with Crippen LogP contribution in [0.4, 0.5) is 36.8 Å². The summed E-state index contributed by atoms with van der Waals surface area (Å²) < 4.78 is 110. The van der Waals surface area contributed by atoms with Gasteiger partial charge in [0.1, 0.15) is 6.54 Å². The molecule has 3 rings (SSSR count). The van der Waals surface area contributed by atoms with E-state index in [0.29, 0.717) is 25.2 Å². The molecule has 1 heterocycles. The van der Waals surface area contributed by atoms with E-state index in [1.165, 1.54) is 18.2 Å². The van der Waals surface area contributed by atoms with Gasteiger partial charge in [-0.15, -0.1) is 4.83 Å². The summed E-state index contributed by atoms with van der Waals surface area (Å²) in [7, 11) is -4.68. The predicted molar refractivity (Wildman–Crippen MR) is 114 cm³/mol. The fourth-order valence-corrected chi connectivity index (χ4v) is 4.22. The van der Waals surface area contributed by atoms with Gasteiger partial charge in [-0.2, -0.15) is 31.4 Å². The molecule has 0 spiro atoms. The van der Waals surface area contributed by atoms with Gasteiger partial charge in [-0.3, -0.25) is 4.84 Å². The standard InChI is InChI=1S/C21H21F6N3O5S/c22-20(23,24)14-29(28-36(32,33)18-7-2-1-3-8-18)19(31)30(35-13-15-9-10-34-12-15)17-6-4-5-16(11-17)21(25,26)27/h1-8,11,15,28H,9-10,12-14H2. The molecule has 0 radical (unpaired) electrons. The highest BCUT2D eigenvalue weighted by Gasteiger charge is 2.39. The van der Waals surface area contributed by atoms with Crippen LogP contribution in [-0.2, 0) is 25.8 Å². The number of carbonyl (C=O) groups excluding carboxylic acids is 1. The summed E-state index contributed by atoms with van der Waals surface area (Å²) in [6.45, 7) is -1.81. The van der Waals surface area contributed by atoms with Gasteiger partial charge in [-0.1, -0.05) is 24.3 Å². The minimum atomic E-state index is -5.08. The van der Waals surface area contributed by atoms with E-state index in [-0.39, 0.29) is 29.2 Å². The number of benzene rings is 2. The summed E-state index contributed by atoms with van der Waals surface area (Å²) in [4.78, 5) is 19.6. The van der Waals surface area contributed by atoms with Gasteiger partial charge in [0.15, 0.2) is 0 Å². The highest BCUT2D eigenvalue weighted by molar-refractivity contribution is 7.89. The van der Waals surface area contributed by atoms with Crippen LogP contribution in [0.15, 0.2) is 59.5 Å². The molecule has 0 aromatic heterocycles. The number of sulfonamides is 1. The van der Waals surface area contributed by atoms with Crippen molar-refractivity contribution in [1.82, 2.24) is 9.84 Å². The van der Waals surface area contributed by atoms with Gasteiger partial charge in [0.25, 0.3) is 10.0 Å². The summed E-state index contributed by atoms with van der Waals surface area (Å²) in [5.41, 5.74) is -1.75. The van der Waals surface area contributed by atoms with E-state index in [4.69, 9.17) is 9.57 Å². The van der Waals surface area contributed by atoms with Crippen LogP contribution in [0.5, 0.6) is 0 Å². The van der Waals surface area contributed by atoms with E-state index in [9.17, 15) is 39.6 Å². The SMILES string of the molecule is O=C(N(CC(F)(F)F)NS(=O)(=O)c1ccccc1)N(OCC1CCOC1)c1cccc(C(F)(F)F)c1. The van der Waals surface area contributed by atoms with Gasteiger partial charge in [-0.25, -0.2) is 18.2 Å². The van der Waals surface area contributed by atoms with E-state index in [1.807, 2.05) is 0 Å². The Morgan fingerprint density at radius 2 is 1.75 bits per heavy atom. The molecule has 36 heavy (non-hydrogen) atoms. The Bertz CT molecular complexity index is 1140. The zero-order chi connectivity index (χ0) is 26.6. The lowest BCUT2D eigenvalue weighted by Gasteiger charge is -2.31. The number of nitrogens with one attached hydrogen (secondary N) is 1. The second kappa shape index (κ2) is 11.0. The lowest BCUT2D eigenvalue weighted by Crippen LogP contribution is -2.55. The number of hydrogen-bond donors (Lipinski definition) is 1. The van der Waals surface area contributed by atoms with E-state index < -0.39 is 51.1 Å². The average molecular weight is 541 g/mol. The topological polar surface area (TPSA) is 88.2 Å². The zero-order valence-corrected chi connectivity index (χ0v) is 19.2. The van der Waals surface area contributed by atoms with E-state index in [0.717, 1.165) is 24.3 Å². The molecule has 1 fully saturated rings. The molecule has 1 saturated heterocycles. The number of alkyl halides is 6. The first-order valence-corrected chi connectivity index (χ1v) is 11.9. The third-order valence-electron chi connectivity index (χ3n) is 4.90. The van der Waals surface area contributed by atoms with Crippen molar-refractivity contribution in [3.05, 3.63) is 60.2 Å². The minimum absolute atomic E-state index is 0.201. The molecule has 2 aromatic rings. The fourth-order valence-electron chi connectivity index (χ4n) is 3.17. The molecule has 15 heteroatoms. The molecule has 2 aromatic carbocycles. The molecular formula is C21H21F6N3O5S. The lowest BCUT2D eigenvalue weighted by molar-refractivity contribution is -0.142. The van der Waals surface area contributed by atoms with Crippen molar-refractivity contribution in [2.75, 3.05) is 31.4 Å². The van der Waals surface area contributed by atoms with Crippen LogP contribution >= 0.6 is 0 Å². The van der Waals surface area contributed by atoms with Crippen molar-refractivity contribution >= 4 is 21.7 Å². The number of nitrogens with zero attached hydrogens (tertiary/aromatic N) is 2. The molecule has 8 nitrogen and oxygen atoms in total. The third kappa shape index (κ3) is 7.56. The number of hydrazine groups is 1. The Morgan fingerprint density at radius 3 is 2.33 bits per heavy atom. The second-order valence-corrected chi connectivity index (χ2v) is 9.42. The van der Waals surface area contributed by atoms with Gasteiger partial charge in [0.2, 0.25) is 0 Å². The van der Waals surface area contributed by atoms with E-state index in [2.05, 4.69) is 0 Å². The molecule has 0 bridgehead atoms. The Morgan fingerprint density at radius 1 is 1.06 bits per heavy atom. The van der Waals surface area contributed by atoms with Crippen LogP contribution in [-0.4, -0.2) is 52.0 Å². The Balaban J connectivity index is 1.97. The first-order valence-electron chi connectivity index (χ1n) is 10.4. The van der Waals surface area contributed by atoms with Crippen molar-refractivity contribution in [2.24, 2.45) is 5.92 Å². The number of hydrogen-bond acceptors (Lipinski definition) is 5. The number of rotatable bonds is 8. The second-order valence-electron chi connectivity index (χ2n) is 7.76. The smallest absolute Gasteiger partial charge is 0.381 e. The monoisotopic (exact) mass is 541 g/mol. The van der Waals surface area contributed by atoms with Gasteiger partial charge >= 0.3 is 18.4 Å². The summed E-state index contributed by atoms with van der Waals surface area (Å²) >= 11 is 0. The Labute approximate surface area is 202 Å². The molecule has 1 aliphatic heterocycles. The number of ether oxygens (including phenoxy) is 1. The number of amides is 2. The maximum Gasteiger partial charge on any atom is 0.416 e. The van der Waals surface area contributed by atoms with Crippen molar-refractivity contribution < 1.29 is 49.1 Å². The number of halogens is 6. The molecule has 1 N–H and O–H groups in total. The first kappa shape index (κ1) is 27.7. The number of urea groups is 1. The van der Waals surface area contributed by atoms with Gasteiger partial charge in [0.05, 0.1) is 29.4 Å². The molecule has 2 amide bonds. The number of anilines is 1. The van der Waals surface area contributed by atoms with Gasteiger partial charge in [-0.05, 0) is 36.8 Å². The van der Waals surface area contributed by atoms with E-state index >= 15 is 0 Å². The van der Waals surface area contributed by atoms with Crippen molar-refractivity contribution in [3.63, 3.8) is 0 Å². The highest BCUT2D eigenvalue weighted by atomic mass is 32.2. The quantitative estimate of drug-likeness (QED) is 0.397. The molecule has 198 valence electrons. The van der Waals surface area contributed by atoms with Crippen molar-refractivity contribution in [1.29, 1.82) is 0 Å². The zero-order valence-electron chi connectivity index (χ0n) is 18.4. The van der Waals surface area contributed by atoms with Crippen LogP contribution in [0, 0.1) is 5.92 Å². The summed E-state index contributed by atoms with van der Waals surface area (Å²) in [6.07, 6.45) is -9.42. The average Bonchev–Trinajstić information content (AvgIpc) is 3.31. The van der Waals surface area contributed by atoms with Crippen LogP contribution < -0.4 is 9.89 Å². The number of carbonyl (C=O) groups is 1. The Hall–Kier alpha value is -2.88. The highest BCUT2D eigenvalue weighted by Crippen LogP contribution is 2.32. The molecule has 1 atom stereocenters.